The topological polar surface area (TPSA) is 51.8 Å². The summed E-state index contributed by atoms with van der Waals surface area (Å²) in [5, 5.41) is 2.13. The van der Waals surface area contributed by atoms with Crippen LogP contribution >= 0.6 is 0 Å². The van der Waals surface area contributed by atoms with Gasteiger partial charge in [0.15, 0.2) is 17.5 Å². The highest BCUT2D eigenvalue weighted by atomic mass is 16.3. The molecule has 0 bridgehead atoms. The predicted octanol–water partition coefficient (Wildman–Crippen LogP) is 3.07. The molecular formula is C45H34B5N3O. The Balaban J connectivity index is 1.09. The van der Waals surface area contributed by atoms with Crippen LogP contribution < -0.4 is 27.3 Å². The van der Waals surface area contributed by atoms with Crippen molar-refractivity contribution in [1.29, 1.82) is 0 Å². The minimum atomic E-state index is 0.598. The molecule has 0 saturated carbocycles. The zero-order valence-corrected chi connectivity index (χ0v) is 31.1. The number of aromatic nitrogens is 3. The van der Waals surface area contributed by atoms with Gasteiger partial charge in [0.25, 0.3) is 0 Å². The summed E-state index contributed by atoms with van der Waals surface area (Å²) in [5.41, 5.74) is 18.3. The largest absolute Gasteiger partial charge is 0.456 e. The van der Waals surface area contributed by atoms with Crippen LogP contribution in [-0.4, -0.2) is 54.2 Å². The van der Waals surface area contributed by atoms with Crippen molar-refractivity contribution in [3.63, 3.8) is 0 Å². The van der Waals surface area contributed by atoms with E-state index in [2.05, 4.69) is 142 Å². The number of nitrogens with zero attached hydrogens (tertiary/aromatic N) is 3. The quantitative estimate of drug-likeness (QED) is 0.253. The van der Waals surface area contributed by atoms with Gasteiger partial charge < -0.3 is 4.42 Å². The molecule has 9 aromatic rings. The number of hydrogen-bond acceptors (Lipinski definition) is 4. The molecule has 9 heteroatoms. The van der Waals surface area contributed by atoms with Crippen LogP contribution in [0.3, 0.4) is 0 Å². The van der Waals surface area contributed by atoms with Gasteiger partial charge in [0.05, 0.1) is 0 Å². The Morgan fingerprint density at radius 3 is 1.35 bits per heavy atom. The first-order chi connectivity index (χ1) is 26.3. The zero-order valence-electron chi connectivity index (χ0n) is 31.1. The fourth-order valence-electron chi connectivity index (χ4n) is 7.65. The molecular weight excluding hydrogens is 653 g/mol. The molecule has 250 valence electrons. The monoisotopic (exact) mass is 687 g/mol. The second kappa shape index (κ2) is 13.6. The predicted molar refractivity (Wildman–Crippen MR) is 241 cm³/mol. The van der Waals surface area contributed by atoms with Crippen molar-refractivity contribution in [3.8, 4) is 67.5 Å². The van der Waals surface area contributed by atoms with E-state index in [-0.39, 0.29) is 0 Å². The van der Waals surface area contributed by atoms with Gasteiger partial charge in [0.1, 0.15) is 50.4 Å². The van der Waals surface area contributed by atoms with Gasteiger partial charge in [-0.05, 0) is 57.6 Å². The average Bonchev–Trinajstić information content (AvgIpc) is 3.60. The van der Waals surface area contributed by atoms with Crippen molar-refractivity contribution in [2.45, 2.75) is 0 Å². The molecule has 7 aromatic carbocycles. The van der Waals surface area contributed by atoms with Crippen LogP contribution in [0.4, 0.5) is 0 Å². The van der Waals surface area contributed by atoms with Crippen molar-refractivity contribution in [1.82, 2.24) is 15.0 Å². The lowest BCUT2D eigenvalue weighted by Crippen LogP contribution is -2.55. The van der Waals surface area contributed by atoms with Gasteiger partial charge in [0.2, 0.25) is 0 Å². The first kappa shape index (κ1) is 33.5. The number of fused-ring (bicyclic) bond motifs is 3. The Bertz CT molecular complexity index is 2830. The molecule has 0 atom stereocenters. The summed E-state index contributed by atoms with van der Waals surface area (Å²) in [5.74, 6) is 1.85. The molecule has 0 unspecified atom stereocenters. The van der Waals surface area contributed by atoms with Crippen LogP contribution in [0.5, 0.6) is 0 Å². The third kappa shape index (κ3) is 5.96. The van der Waals surface area contributed by atoms with Gasteiger partial charge in [-0.25, -0.2) is 15.0 Å². The highest BCUT2D eigenvalue weighted by Crippen LogP contribution is 2.35. The van der Waals surface area contributed by atoms with Crippen LogP contribution in [0.2, 0.25) is 0 Å². The third-order valence-corrected chi connectivity index (χ3v) is 11.2. The molecule has 9 rings (SSSR count). The highest BCUT2D eigenvalue weighted by molar-refractivity contribution is 6.68. The summed E-state index contributed by atoms with van der Waals surface area (Å²) >= 11 is 0. The van der Waals surface area contributed by atoms with Gasteiger partial charge in [0, 0.05) is 27.5 Å². The van der Waals surface area contributed by atoms with E-state index in [1.807, 2.05) is 42.5 Å². The molecule has 2 heterocycles. The molecule has 0 N–H and O–H groups in total. The lowest BCUT2D eigenvalue weighted by molar-refractivity contribution is 0.669. The van der Waals surface area contributed by atoms with E-state index in [9.17, 15) is 0 Å². The zero-order chi connectivity index (χ0) is 36.9. The molecule has 54 heavy (non-hydrogen) atoms. The van der Waals surface area contributed by atoms with E-state index in [0.29, 0.717) is 17.5 Å². The first-order valence-electron chi connectivity index (χ1n) is 18.4. The van der Waals surface area contributed by atoms with Crippen LogP contribution in [0.25, 0.3) is 89.5 Å². The maximum Gasteiger partial charge on any atom is 0.164 e. The van der Waals surface area contributed by atoms with Crippen molar-refractivity contribution in [3.05, 3.63) is 146 Å². The minimum Gasteiger partial charge on any atom is -0.456 e. The summed E-state index contributed by atoms with van der Waals surface area (Å²) in [6.07, 6.45) is 0. The first-order valence-corrected chi connectivity index (χ1v) is 18.4. The standard InChI is InChI=1S/C45H34B5N3O/c46-38-37(39(47)41(49)42(50)40(38)48)28-15-17-30(18-16-28)44-51-43(29-9-5-2-6-10-29)52-45(53-44)32-19-21-33-34-23-31(20-22-35(34)54-36(33)24-32)27-13-11-26(12-14-27)25-7-3-1-4-8-25/h1-24H,46-50H2. The molecule has 0 saturated heterocycles. The highest BCUT2D eigenvalue weighted by Gasteiger charge is 2.17. The number of benzene rings is 7. The maximum absolute atomic E-state index is 6.44. The van der Waals surface area contributed by atoms with Gasteiger partial charge in [-0.3, -0.25) is 0 Å². The fourth-order valence-corrected chi connectivity index (χ4v) is 7.65. The second-order valence-corrected chi connectivity index (χ2v) is 14.2. The average molecular weight is 687 g/mol. The maximum atomic E-state index is 6.44. The molecule has 0 amide bonds. The van der Waals surface area contributed by atoms with E-state index in [1.54, 1.807) is 0 Å². The van der Waals surface area contributed by atoms with Gasteiger partial charge in [-0.2, -0.15) is 0 Å². The van der Waals surface area contributed by atoms with Crippen LogP contribution in [-0.2, 0) is 0 Å². The smallest absolute Gasteiger partial charge is 0.164 e. The third-order valence-electron chi connectivity index (χ3n) is 11.2. The summed E-state index contributed by atoms with van der Waals surface area (Å²) in [6, 6.07) is 50.6. The Morgan fingerprint density at radius 2 is 0.741 bits per heavy atom. The molecule has 0 radical (unpaired) electrons. The Labute approximate surface area is 319 Å². The van der Waals surface area contributed by atoms with Crippen molar-refractivity contribution in [2.24, 2.45) is 0 Å². The fraction of sp³-hybridized carbons (Fsp3) is 0. The Morgan fingerprint density at radius 1 is 0.315 bits per heavy atom. The molecule has 0 fully saturated rings. The number of rotatable bonds is 6. The van der Waals surface area contributed by atoms with E-state index in [0.717, 1.165) is 49.8 Å². The summed E-state index contributed by atoms with van der Waals surface area (Å²) in [7, 11) is 11.1. The van der Waals surface area contributed by atoms with E-state index < -0.39 is 0 Å². The summed E-state index contributed by atoms with van der Waals surface area (Å²) in [4.78, 5) is 15.0. The molecule has 0 aliphatic heterocycles. The van der Waals surface area contributed by atoms with Crippen molar-refractivity contribution >= 4 is 88.5 Å². The van der Waals surface area contributed by atoms with Crippen molar-refractivity contribution < 1.29 is 4.42 Å². The van der Waals surface area contributed by atoms with Gasteiger partial charge in [-0.1, -0.05) is 132 Å². The second-order valence-electron chi connectivity index (χ2n) is 14.2. The molecule has 0 aliphatic rings. The van der Waals surface area contributed by atoms with Gasteiger partial charge in [-0.15, -0.1) is 16.4 Å². The lowest BCUT2D eigenvalue weighted by Gasteiger charge is -2.20. The number of hydrogen-bond donors (Lipinski definition) is 0. The lowest BCUT2D eigenvalue weighted by atomic mass is 9.59. The van der Waals surface area contributed by atoms with E-state index >= 15 is 0 Å². The van der Waals surface area contributed by atoms with Crippen LogP contribution in [0.15, 0.2) is 150 Å². The summed E-state index contributed by atoms with van der Waals surface area (Å²) < 4.78 is 6.44. The number of furan rings is 1. The Kier molecular flexibility index (Phi) is 8.43. The van der Waals surface area contributed by atoms with E-state index in [4.69, 9.17) is 19.4 Å². The van der Waals surface area contributed by atoms with Crippen LogP contribution in [0.1, 0.15) is 0 Å². The van der Waals surface area contributed by atoms with E-state index in [1.165, 1.54) is 49.6 Å². The summed E-state index contributed by atoms with van der Waals surface area (Å²) in [6.45, 7) is 0. The molecule has 0 aliphatic carbocycles. The van der Waals surface area contributed by atoms with Crippen molar-refractivity contribution in [2.75, 3.05) is 0 Å². The molecule has 4 nitrogen and oxygen atoms in total. The Hall–Kier alpha value is -6.33. The normalized spacial score (nSPS) is 11.3. The van der Waals surface area contributed by atoms with Crippen LogP contribution in [0, 0.1) is 0 Å². The minimum absolute atomic E-state index is 0.598. The van der Waals surface area contributed by atoms with Gasteiger partial charge >= 0.3 is 0 Å². The molecule has 0 spiro atoms. The SMILES string of the molecule is Bc1c(B)c(B)c(-c2ccc(-c3nc(-c4ccccc4)nc(-c4ccc5c(c4)oc4ccc(-c6ccc(-c7ccccc7)cc6)cc45)n3)cc2)c(B)c1B. The molecule has 2 aromatic heterocycles.